The second kappa shape index (κ2) is 6.17. The fourth-order valence-corrected chi connectivity index (χ4v) is 1.93. The van der Waals surface area contributed by atoms with Gasteiger partial charge in [-0.05, 0) is 31.2 Å². The Kier molecular flexibility index (Phi) is 4.56. The van der Waals surface area contributed by atoms with Crippen LogP contribution in [0.2, 0.25) is 0 Å². The third-order valence-electron chi connectivity index (χ3n) is 3.31. The van der Waals surface area contributed by atoms with Crippen LogP contribution in [0.3, 0.4) is 0 Å². The Balaban J connectivity index is 2.08. The summed E-state index contributed by atoms with van der Waals surface area (Å²) in [6, 6.07) is 9.27. The maximum atomic E-state index is 12.1. The van der Waals surface area contributed by atoms with Crippen molar-refractivity contribution in [2.24, 2.45) is 11.7 Å². The van der Waals surface area contributed by atoms with E-state index in [0.29, 0.717) is 19.1 Å². The van der Waals surface area contributed by atoms with Crippen molar-refractivity contribution in [1.82, 2.24) is 0 Å². The topological polar surface area (TPSA) is 61.5 Å². The van der Waals surface area contributed by atoms with Crippen molar-refractivity contribution in [3.63, 3.8) is 0 Å². The van der Waals surface area contributed by atoms with Crippen LogP contribution in [0.5, 0.6) is 0 Å². The van der Waals surface area contributed by atoms with E-state index in [9.17, 15) is 4.79 Å². The monoisotopic (exact) mass is 263 g/mol. The molecule has 0 heterocycles. The van der Waals surface area contributed by atoms with Gasteiger partial charge in [-0.2, -0.15) is 0 Å². The summed E-state index contributed by atoms with van der Waals surface area (Å²) in [6.07, 6.45) is 2.42. The minimum Gasteiger partial charge on any atom is -0.464 e. The molecule has 1 saturated carbocycles. The quantitative estimate of drug-likeness (QED) is 0.762. The van der Waals surface area contributed by atoms with Gasteiger partial charge in [0, 0.05) is 6.61 Å². The second-order valence-corrected chi connectivity index (χ2v) is 5.02. The van der Waals surface area contributed by atoms with Crippen molar-refractivity contribution in [1.29, 1.82) is 0 Å². The summed E-state index contributed by atoms with van der Waals surface area (Å²) in [6.45, 7) is 2.92. The van der Waals surface area contributed by atoms with Gasteiger partial charge < -0.3 is 15.2 Å². The largest absolute Gasteiger partial charge is 0.464 e. The van der Waals surface area contributed by atoms with Gasteiger partial charge in [-0.1, -0.05) is 30.3 Å². The summed E-state index contributed by atoms with van der Waals surface area (Å²) in [5, 5.41) is 0. The number of rotatable bonds is 7. The lowest BCUT2D eigenvalue weighted by Gasteiger charge is -2.27. The average Bonchev–Trinajstić information content (AvgIpc) is 3.24. The van der Waals surface area contributed by atoms with E-state index >= 15 is 0 Å². The predicted octanol–water partition coefficient (Wildman–Crippen LogP) is 1.83. The Hall–Kier alpha value is -1.39. The number of hydrogen-bond donors (Lipinski definition) is 1. The molecule has 0 saturated heterocycles. The first-order valence-corrected chi connectivity index (χ1v) is 6.76. The Labute approximate surface area is 113 Å². The van der Waals surface area contributed by atoms with E-state index in [0.717, 1.165) is 5.56 Å². The van der Waals surface area contributed by atoms with E-state index in [2.05, 4.69) is 0 Å². The maximum Gasteiger partial charge on any atom is 0.333 e. The molecular formula is C15H21NO3. The predicted molar refractivity (Wildman–Crippen MR) is 72.5 cm³/mol. The van der Waals surface area contributed by atoms with Gasteiger partial charge in [-0.15, -0.1) is 0 Å². The molecule has 104 valence electrons. The van der Waals surface area contributed by atoms with E-state index in [-0.39, 0.29) is 6.61 Å². The highest BCUT2D eigenvalue weighted by molar-refractivity contribution is 5.82. The zero-order valence-corrected chi connectivity index (χ0v) is 11.3. The summed E-state index contributed by atoms with van der Waals surface area (Å²) < 4.78 is 10.7. The number of carbonyl (C=O) groups is 1. The molecular weight excluding hydrogens is 242 g/mol. The van der Waals surface area contributed by atoms with Crippen molar-refractivity contribution in [2.75, 3.05) is 19.8 Å². The van der Waals surface area contributed by atoms with Crippen LogP contribution in [0.4, 0.5) is 0 Å². The Morgan fingerprint density at radius 2 is 2.05 bits per heavy atom. The van der Waals surface area contributed by atoms with Crippen molar-refractivity contribution < 1.29 is 14.3 Å². The molecule has 0 bridgehead atoms. The van der Waals surface area contributed by atoms with Crippen LogP contribution in [0.15, 0.2) is 30.3 Å². The smallest absolute Gasteiger partial charge is 0.333 e. The Morgan fingerprint density at radius 1 is 1.37 bits per heavy atom. The minimum absolute atomic E-state index is 0.159. The van der Waals surface area contributed by atoms with Crippen molar-refractivity contribution >= 4 is 5.97 Å². The fraction of sp³-hybridized carbons (Fsp3) is 0.533. The molecule has 1 aliphatic rings. The Morgan fingerprint density at radius 3 is 2.63 bits per heavy atom. The molecule has 1 aromatic carbocycles. The molecule has 2 rings (SSSR count). The molecule has 0 radical (unpaired) electrons. The minimum atomic E-state index is -1.22. The number of benzene rings is 1. The van der Waals surface area contributed by atoms with Crippen molar-refractivity contribution in [2.45, 2.75) is 25.3 Å². The van der Waals surface area contributed by atoms with Gasteiger partial charge in [0.05, 0.1) is 13.2 Å². The molecule has 19 heavy (non-hydrogen) atoms. The maximum absolute atomic E-state index is 12.1. The summed E-state index contributed by atoms with van der Waals surface area (Å²) in [5.41, 5.74) is 5.77. The SMILES string of the molecule is CCOC(=O)C(N)(COCC1CC1)c1ccccc1. The van der Waals surface area contributed by atoms with Crippen LogP contribution in [0.25, 0.3) is 0 Å². The first-order chi connectivity index (χ1) is 9.16. The third kappa shape index (κ3) is 3.55. The number of esters is 1. The molecule has 0 aliphatic heterocycles. The van der Waals surface area contributed by atoms with Gasteiger partial charge in [-0.3, -0.25) is 0 Å². The molecule has 0 amide bonds. The summed E-state index contributed by atoms with van der Waals surface area (Å²) >= 11 is 0. The van der Waals surface area contributed by atoms with Crippen LogP contribution >= 0.6 is 0 Å². The van der Waals surface area contributed by atoms with Crippen LogP contribution in [0, 0.1) is 5.92 Å². The summed E-state index contributed by atoms with van der Waals surface area (Å²) in [7, 11) is 0. The number of ether oxygens (including phenoxy) is 2. The number of hydrogen-bond acceptors (Lipinski definition) is 4. The van der Waals surface area contributed by atoms with Crippen LogP contribution in [-0.2, 0) is 19.8 Å². The third-order valence-corrected chi connectivity index (χ3v) is 3.31. The van der Waals surface area contributed by atoms with Crippen LogP contribution in [0.1, 0.15) is 25.3 Å². The molecule has 1 aliphatic carbocycles. The van der Waals surface area contributed by atoms with E-state index in [1.54, 1.807) is 6.92 Å². The lowest BCUT2D eigenvalue weighted by Crippen LogP contribution is -2.50. The van der Waals surface area contributed by atoms with Crippen molar-refractivity contribution in [3.8, 4) is 0 Å². The summed E-state index contributed by atoms with van der Waals surface area (Å²) in [4.78, 5) is 12.1. The van der Waals surface area contributed by atoms with Crippen LogP contribution in [-0.4, -0.2) is 25.8 Å². The zero-order valence-electron chi connectivity index (χ0n) is 11.3. The van der Waals surface area contributed by atoms with Gasteiger partial charge in [0.15, 0.2) is 5.54 Å². The van der Waals surface area contributed by atoms with Crippen molar-refractivity contribution in [3.05, 3.63) is 35.9 Å². The van der Waals surface area contributed by atoms with Gasteiger partial charge in [0.25, 0.3) is 0 Å². The lowest BCUT2D eigenvalue weighted by molar-refractivity contribution is -0.152. The number of carbonyl (C=O) groups excluding carboxylic acids is 1. The summed E-state index contributed by atoms with van der Waals surface area (Å²) in [5.74, 6) is 0.208. The normalized spacial score (nSPS) is 17.8. The second-order valence-electron chi connectivity index (χ2n) is 5.02. The first kappa shape index (κ1) is 14.0. The molecule has 1 unspecified atom stereocenters. The standard InChI is InChI=1S/C15H21NO3/c1-2-19-14(17)15(16,11-18-10-12-8-9-12)13-6-4-3-5-7-13/h3-7,12H,2,8-11,16H2,1H3. The van der Waals surface area contributed by atoms with Gasteiger partial charge >= 0.3 is 5.97 Å². The average molecular weight is 263 g/mol. The van der Waals surface area contributed by atoms with E-state index in [1.165, 1.54) is 12.8 Å². The molecule has 1 aromatic rings. The van der Waals surface area contributed by atoms with E-state index < -0.39 is 11.5 Å². The molecule has 1 atom stereocenters. The number of nitrogens with two attached hydrogens (primary N) is 1. The molecule has 4 heteroatoms. The van der Waals surface area contributed by atoms with Gasteiger partial charge in [-0.25, -0.2) is 4.79 Å². The highest BCUT2D eigenvalue weighted by Gasteiger charge is 2.38. The Bertz CT molecular complexity index is 417. The van der Waals surface area contributed by atoms with E-state index in [1.807, 2.05) is 30.3 Å². The van der Waals surface area contributed by atoms with Gasteiger partial charge in [0.1, 0.15) is 0 Å². The van der Waals surface area contributed by atoms with Gasteiger partial charge in [0.2, 0.25) is 0 Å². The van der Waals surface area contributed by atoms with Crippen LogP contribution < -0.4 is 5.73 Å². The first-order valence-electron chi connectivity index (χ1n) is 6.76. The highest BCUT2D eigenvalue weighted by Crippen LogP contribution is 2.29. The molecule has 0 aromatic heterocycles. The molecule has 0 spiro atoms. The molecule has 4 nitrogen and oxygen atoms in total. The molecule has 2 N–H and O–H groups in total. The lowest BCUT2D eigenvalue weighted by atomic mass is 9.92. The molecule has 1 fully saturated rings. The fourth-order valence-electron chi connectivity index (χ4n) is 1.93. The highest BCUT2D eigenvalue weighted by atomic mass is 16.5. The zero-order chi connectivity index (χ0) is 13.7. The van der Waals surface area contributed by atoms with E-state index in [4.69, 9.17) is 15.2 Å².